The highest BCUT2D eigenvalue weighted by molar-refractivity contribution is 9.10. The molecule has 1 amide bonds. The molecular formula is C15H10BrClN2O5S. The van der Waals surface area contributed by atoms with E-state index in [0.717, 1.165) is 18.2 Å². The predicted molar refractivity (Wildman–Crippen MR) is 96.6 cm³/mol. The molecule has 25 heavy (non-hydrogen) atoms. The molecule has 0 aromatic heterocycles. The van der Waals surface area contributed by atoms with E-state index in [1.54, 1.807) is 24.3 Å². The minimum absolute atomic E-state index is 0.0946. The number of amides is 1. The maximum atomic E-state index is 12.3. The molecular weight excluding hydrogens is 436 g/mol. The quantitative estimate of drug-likeness (QED) is 0.430. The lowest BCUT2D eigenvalue weighted by Gasteiger charge is -2.07. The van der Waals surface area contributed by atoms with Crippen LogP contribution in [0.2, 0.25) is 5.02 Å². The number of hydrogen-bond acceptors (Lipinski definition) is 5. The van der Waals surface area contributed by atoms with Crippen LogP contribution in [0.3, 0.4) is 0 Å². The maximum absolute atomic E-state index is 12.3. The Hall–Kier alpha value is -2.23. The lowest BCUT2D eigenvalue weighted by Crippen LogP contribution is -2.29. The van der Waals surface area contributed by atoms with Crippen LogP contribution in [0.4, 0.5) is 5.69 Å². The number of rotatable bonds is 5. The fourth-order valence-electron chi connectivity index (χ4n) is 1.82. The van der Waals surface area contributed by atoms with Crippen molar-refractivity contribution < 1.29 is 18.1 Å². The zero-order valence-electron chi connectivity index (χ0n) is 12.3. The van der Waals surface area contributed by atoms with Gasteiger partial charge in [-0.25, -0.2) is 13.1 Å². The second kappa shape index (κ2) is 7.77. The summed E-state index contributed by atoms with van der Waals surface area (Å²) in [7, 11) is -4.29. The summed E-state index contributed by atoms with van der Waals surface area (Å²) in [6.07, 6.45) is 2.41. The Morgan fingerprint density at radius 2 is 1.96 bits per heavy atom. The van der Waals surface area contributed by atoms with Crippen LogP contribution in [-0.2, 0) is 14.8 Å². The molecule has 130 valence electrons. The Kier molecular flexibility index (Phi) is 5.93. The average Bonchev–Trinajstić information content (AvgIpc) is 2.52. The largest absolute Gasteiger partial charge is 0.270 e. The third-order valence-corrected chi connectivity index (χ3v) is 5.50. The number of nitro groups is 1. The van der Waals surface area contributed by atoms with E-state index in [-0.39, 0.29) is 4.47 Å². The zero-order valence-corrected chi connectivity index (χ0v) is 15.5. The molecule has 2 rings (SSSR count). The number of benzene rings is 2. The van der Waals surface area contributed by atoms with Gasteiger partial charge in [0.15, 0.2) is 0 Å². The van der Waals surface area contributed by atoms with E-state index in [4.69, 9.17) is 11.6 Å². The van der Waals surface area contributed by atoms with Crippen LogP contribution in [0.15, 0.2) is 57.9 Å². The molecule has 0 aliphatic rings. The van der Waals surface area contributed by atoms with Crippen LogP contribution in [0.25, 0.3) is 6.08 Å². The van der Waals surface area contributed by atoms with Crippen LogP contribution in [0, 0.1) is 10.1 Å². The van der Waals surface area contributed by atoms with Gasteiger partial charge in [0.05, 0.1) is 4.92 Å². The Balaban J connectivity index is 2.22. The van der Waals surface area contributed by atoms with E-state index in [1.807, 2.05) is 4.72 Å². The molecule has 0 aliphatic heterocycles. The molecule has 0 aliphatic carbocycles. The van der Waals surface area contributed by atoms with Gasteiger partial charge in [-0.3, -0.25) is 14.9 Å². The highest BCUT2D eigenvalue weighted by atomic mass is 79.9. The third kappa shape index (κ3) is 5.12. The summed E-state index contributed by atoms with van der Waals surface area (Å²) in [5, 5.41) is 11.3. The van der Waals surface area contributed by atoms with E-state index in [0.29, 0.717) is 10.6 Å². The van der Waals surface area contributed by atoms with E-state index in [1.165, 1.54) is 12.1 Å². The van der Waals surface area contributed by atoms with Gasteiger partial charge in [-0.15, -0.1) is 0 Å². The van der Waals surface area contributed by atoms with Gasteiger partial charge in [-0.2, -0.15) is 0 Å². The number of nitrogens with zero attached hydrogens (tertiary/aromatic N) is 1. The van der Waals surface area contributed by atoms with Gasteiger partial charge in [0.2, 0.25) is 0 Å². The first-order chi connectivity index (χ1) is 11.7. The smallest absolute Gasteiger partial charge is 0.269 e. The summed E-state index contributed by atoms with van der Waals surface area (Å²) in [5.41, 5.74) is 0.196. The molecule has 0 atom stereocenters. The molecule has 0 saturated carbocycles. The monoisotopic (exact) mass is 444 g/mol. The van der Waals surface area contributed by atoms with Crippen molar-refractivity contribution >= 4 is 55.2 Å². The van der Waals surface area contributed by atoms with E-state index in [2.05, 4.69) is 15.9 Å². The van der Waals surface area contributed by atoms with Crippen molar-refractivity contribution in [1.82, 2.24) is 4.72 Å². The third-order valence-electron chi connectivity index (χ3n) is 2.93. The molecule has 7 nitrogen and oxygen atoms in total. The van der Waals surface area contributed by atoms with Crippen molar-refractivity contribution in [2.24, 2.45) is 0 Å². The van der Waals surface area contributed by atoms with Crippen molar-refractivity contribution in [3.8, 4) is 0 Å². The summed E-state index contributed by atoms with van der Waals surface area (Å²) >= 11 is 8.82. The Labute approximate surface area is 156 Å². The van der Waals surface area contributed by atoms with Gasteiger partial charge in [0, 0.05) is 27.7 Å². The highest BCUT2D eigenvalue weighted by Gasteiger charge is 2.22. The lowest BCUT2D eigenvalue weighted by molar-refractivity contribution is -0.385. The van der Waals surface area contributed by atoms with Crippen molar-refractivity contribution in [2.75, 3.05) is 0 Å². The first-order valence-corrected chi connectivity index (χ1v) is 9.29. The molecule has 2 aromatic carbocycles. The van der Waals surface area contributed by atoms with Crippen molar-refractivity contribution in [3.05, 3.63) is 73.7 Å². The Bertz CT molecular complexity index is 976. The van der Waals surface area contributed by atoms with Crippen LogP contribution < -0.4 is 4.72 Å². The molecule has 0 saturated heterocycles. The number of sulfonamides is 1. The molecule has 0 fully saturated rings. The molecule has 2 aromatic rings. The zero-order chi connectivity index (χ0) is 18.6. The standard InChI is InChI=1S/C15H10BrClN2O5S/c16-13-6-5-12(19(21)22)9-14(13)25(23,24)18-15(20)7-4-10-2-1-3-11(17)8-10/h1-9H,(H,18,20). The molecule has 0 spiro atoms. The second-order valence-corrected chi connectivity index (χ2v) is 7.67. The van der Waals surface area contributed by atoms with Crippen molar-refractivity contribution in [2.45, 2.75) is 4.90 Å². The van der Waals surface area contributed by atoms with Crippen LogP contribution in [0.1, 0.15) is 5.56 Å². The summed E-state index contributed by atoms with van der Waals surface area (Å²) in [6.45, 7) is 0. The van der Waals surface area contributed by atoms with Gasteiger partial charge < -0.3 is 0 Å². The van der Waals surface area contributed by atoms with Gasteiger partial charge in [-0.05, 0) is 45.8 Å². The van der Waals surface area contributed by atoms with Gasteiger partial charge in [0.1, 0.15) is 4.90 Å². The average molecular weight is 446 g/mol. The van der Waals surface area contributed by atoms with Crippen LogP contribution in [-0.4, -0.2) is 19.2 Å². The molecule has 10 heteroatoms. The summed E-state index contributed by atoms with van der Waals surface area (Å²) in [4.78, 5) is 21.5. The summed E-state index contributed by atoms with van der Waals surface area (Å²) < 4.78 is 26.4. The first kappa shape index (κ1) is 19.1. The van der Waals surface area contributed by atoms with Crippen LogP contribution >= 0.6 is 27.5 Å². The lowest BCUT2D eigenvalue weighted by atomic mass is 10.2. The molecule has 0 radical (unpaired) electrons. The van der Waals surface area contributed by atoms with Gasteiger partial charge in [-0.1, -0.05) is 23.7 Å². The SMILES string of the molecule is O=C(C=Cc1cccc(Cl)c1)NS(=O)(=O)c1cc([N+](=O)[O-])ccc1Br. The number of nitrogens with one attached hydrogen (secondary N) is 1. The normalized spacial score (nSPS) is 11.4. The highest BCUT2D eigenvalue weighted by Crippen LogP contribution is 2.26. The number of non-ortho nitro benzene ring substituents is 1. The fraction of sp³-hybridized carbons (Fsp3) is 0. The van der Waals surface area contributed by atoms with Crippen LogP contribution in [0.5, 0.6) is 0 Å². The second-order valence-electron chi connectivity index (χ2n) is 4.73. The molecule has 0 unspecified atom stereocenters. The number of halogens is 2. The van der Waals surface area contributed by atoms with Crippen molar-refractivity contribution in [3.63, 3.8) is 0 Å². The topological polar surface area (TPSA) is 106 Å². The fourth-order valence-corrected chi connectivity index (χ4v) is 3.94. The molecule has 0 bridgehead atoms. The van der Waals surface area contributed by atoms with E-state index in [9.17, 15) is 23.3 Å². The minimum atomic E-state index is -4.29. The number of nitro benzene ring substituents is 1. The molecule has 1 N–H and O–H groups in total. The van der Waals surface area contributed by atoms with E-state index >= 15 is 0 Å². The Morgan fingerprint density at radius 3 is 2.60 bits per heavy atom. The van der Waals surface area contributed by atoms with Gasteiger partial charge in [0.25, 0.3) is 21.6 Å². The number of carbonyl (C=O) groups excluding carboxylic acids is 1. The maximum Gasteiger partial charge on any atom is 0.270 e. The minimum Gasteiger partial charge on any atom is -0.269 e. The predicted octanol–water partition coefficient (Wildman–Crippen LogP) is 3.53. The summed E-state index contributed by atoms with van der Waals surface area (Å²) in [5.74, 6) is -0.904. The molecule has 0 heterocycles. The number of hydrogen-bond donors (Lipinski definition) is 1. The van der Waals surface area contributed by atoms with E-state index < -0.39 is 31.4 Å². The van der Waals surface area contributed by atoms with Crippen molar-refractivity contribution in [1.29, 1.82) is 0 Å². The van der Waals surface area contributed by atoms with Gasteiger partial charge >= 0.3 is 0 Å². The summed E-state index contributed by atoms with van der Waals surface area (Å²) in [6, 6.07) is 9.84. The Morgan fingerprint density at radius 1 is 1.24 bits per heavy atom. The first-order valence-electron chi connectivity index (χ1n) is 6.63. The number of carbonyl (C=O) groups is 1.